The van der Waals surface area contributed by atoms with E-state index in [1.54, 1.807) is 4.90 Å². The maximum absolute atomic E-state index is 14.8. The molecule has 2 aliphatic heterocycles. The van der Waals surface area contributed by atoms with E-state index in [4.69, 9.17) is 0 Å². The van der Waals surface area contributed by atoms with Crippen LogP contribution in [0, 0.1) is 35.5 Å². The van der Waals surface area contributed by atoms with Gasteiger partial charge in [-0.1, -0.05) is 38.8 Å². The molecule has 0 radical (unpaired) electrons. The highest BCUT2D eigenvalue weighted by Gasteiger charge is 2.60. The maximum Gasteiger partial charge on any atom is 0.261 e. The van der Waals surface area contributed by atoms with Gasteiger partial charge >= 0.3 is 0 Å². The summed E-state index contributed by atoms with van der Waals surface area (Å²) < 4.78 is 0.295. The predicted octanol–water partition coefficient (Wildman–Crippen LogP) is 11.9. The number of carbonyl (C=O) groups is 4. The highest BCUT2D eigenvalue weighted by Crippen LogP contribution is 2.70. The summed E-state index contributed by atoms with van der Waals surface area (Å²) in [6.45, 7) is 5.05. The summed E-state index contributed by atoms with van der Waals surface area (Å²) in [5.74, 6) is 3.77. The number of amides is 4. The van der Waals surface area contributed by atoms with Crippen LogP contribution in [0.4, 0.5) is 0 Å². The quantitative estimate of drug-likeness (QED) is 0.0795. The first-order valence-electron chi connectivity index (χ1n) is 22.6. The van der Waals surface area contributed by atoms with Crippen molar-refractivity contribution in [3.8, 4) is 0 Å². The first-order chi connectivity index (χ1) is 28.2. The van der Waals surface area contributed by atoms with Crippen LogP contribution < -0.4 is 0 Å². The number of imide groups is 2. The van der Waals surface area contributed by atoms with Gasteiger partial charge in [-0.25, -0.2) is 0 Å². The molecule has 0 N–H and O–H groups in total. The van der Waals surface area contributed by atoms with Gasteiger partial charge < -0.3 is 0 Å². The van der Waals surface area contributed by atoms with E-state index in [0.29, 0.717) is 47.2 Å². The third-order valence-electron chi connectivity index (χ3n) is 16.9. The second kappa shape index (κ2) is 12.0. The smallest absolute Gasteiger partial charge is 0.261 e. The Morgan fingerprint density at radius 3 is 1.31 bits per heavy atom. The Hall–Kier alpha value is -3.62. The molecule has 0 aromatic heterocycles. The van der Waals surface area contributed by atoms with Gasteiger partial charge in [0.25, 0.3) is 23.6 Å². The molecule has 4 atom stereocenters. The van der Waals surface area contributed by atoms with Crippen LogP contribution in [-0.2, 0) is 0 Å². The number of rotatable bonds is 10. The Labute approximate surface area is 347 Å². The molecular weight excluding hydrogens is 757 g/mol. The summed E-state index contributed by atoms with van der Waals surface area (Å²) in [4.78, 5) is 63.6. The number of fused-ring (bicyclic) bond motifs is 2. The van der Waals surface area contributed by atoms with Gasteiger partial charge in [-0.3, -0.25) is 29.0 Å². The van der Waals surface area contributed by atoms with Crippen LogP contribution in [0.1, 0.15) is 145 Å². The molecule has 8 bridgehead atoms. The molecule has 8 fully saturated rings. The molecule has 296 valence electrons. The van der Waals surface area contributed by atoms with E-state index in [1.807, 2.05) is 35.7 Å². The van der Waals surface area contributed by atoms with Gasteiger partial charge in [0, 0.05) is 81.6 Å². The molecule has 6 nitrogen and oxygen atoms in total. The van der Waals surface area contributed by atoms with Crippen molar-refractivity contribution in [2.24, 2.45) is 35.5 Å². The fourth-order valence-electron chi connectivity index (χ4n) is 14.9. The number of carbonyl (C=O) groups excluding carboxylic acids is 4. The van der Waals surface area contributed by atoms with Crippen molar-refractivity contribution in [1.29, 1.82) is 0 Å². The molecule has 5 aromatic rings. The summed E-state index contributed by atoms with van der Waals surface area (Å²) in [5, 5.41) is 7.93. The Kier molecular flexibility index (Phi) is 7.29. The van der Waals surface area contributed by atoms with E-state index < -0.39 is 0 Å². The van der Waals surface area contributed by atoms with E-state index >= 15 is 0 Å². The molecule has 2 heterocycles. The van der Waals surface area contributed by atoms with Crippen LogP contribution in [0.15, 0.2) is 46.2 Å². The molecule has 58 heavy (non-hydrogen) atoms. The summed E-state index contributed by atoms with van der Waals surface area (Å²) in [7, 11) is 0. The summed E-state index contributed by atoms with van der Waals surface area (Å²) in [6, 6.07) is 12.6. The average Bonchev–Trinajstić information content (AvgIpc) is 3.79. The van der Waals surface area contributed by atoms with Gasteiger partial charge in [0.15, 0.2) is 0 Å². The number of benzene rings is 5. The normalized spacial score (nSPS) is 32.7. The van der Waals surface area contributed by atoms with Crippen molar-refractivity contribution in [2.75, 3.05) is 13.1 Å². The van der Waals surface area contributed by atoms with E-state index in [-0.39, 0.29) is 33.1 Å². The SMILES string of the molecule is CCCCN1C(=O)c2ccc3c4c(SC56CC7CC(CC5C7)C6)cc5c6c(cc(SC78CC9CC(CC7C9)C8)c(c7ccc(c2c37)C1=O)c64)C(=O)N(CCCC)C5=O. The summed E-state index contributed by atoms with van der Waals surface area (Å²) in [6.07, 6.45) is 16.2. The number of hydrogen-bond donors (Lipinski definition) is 0. The van der Waals surface area contributed by atoms with Crippen LogP contribution in [0.3, 0.4) is 0 Å². The highest BCUT2D eigenvalue weighted by atomic mass is 32.2. The van der Waals surface area contributed by atoms with Gasteiger partial charge in [0.1, 0.15) is 0 Å². The molecule has 8 aliphatic carbocycles. The zero-order valence-electron chi connectivity index (χ0n) is 33.6. The minimum absolute atomic E-state index is 0.147. The Morgan fingerprint density at radius 1 is 0.500 bits per heavy atom. The van der Waals surface area contributed by atoms with Crippen molar-refractivity contribution in [3.63, 3.8) is 0 Å². The number of hydrogen-bond acceptors (Lipinski definition) is 6. The molecule has 5 aromatic carbocycles. The van der Waals surface area contributed by atoms with Crippen LogP contribution >= 0.6 is 23.5 Å². The standard InChI is InChI=1S/C50H50N2O4S2/c1-3-5-11-51-45(53)33-9-7-31-39-32(8-10-34(40(33)39)46(51)54)43-38(58-50-23-27-14-28(24-50)18-30(50)17-27)20-36-41-35(47(55)52(48(36)56)12-6-4-2)19-37(42(31)44(41)43)57-49-21-25-13-26(22-49)16-29(49)15-25/h7-10,19-20,25-30H,3-6,11-18,21-24H2,1-2H3. The first-order valence-corrected chi connectivity index (χ1v) is 24.2. The Bertz CT molecular complexity index is 2540. The number of thioether (sulfide) groups is 2. The van der Waals surface area contributed by atoms with Gasteiger partial charge in [0.05, 0.1) is 0 Å². The molecule has 0 saturated heterocycles. The fraction of sp³-hybridized carbons (Fsp3) is 0.520. The van der Waals surface area contributed by atoms with E-state index in [2.05, 4.69) is 38.1 Å². The van der Waals surface area contributed by atoms with E-state index in [1.165, 1.54) is 69.1 Å². The van der Waals surface area contributed by atoms with E-state index in [0.717, 1.165) is 102 Å². The fourth-order valence-corrected chi connectivity index (χ4v) is 18.8. The van der Waals surface area contributed by atoms with Crippen LogP contribution in [-0.4, -0.2) is 56.0 Å². The van der Waals surface area contributed by atoms with Gasteiger partial charge in [-0.2, -0.15) is 0 Å². The van der Waals surface area contributed by atoms with Crippen molar-refractivity contribution in [3.05, 3.63) is 58.7 Å². The molecule has 4 amide bonds. The second-order valence-corrected chi connectivity index (χ2v) is 23.0. The zero-order valence-corrected chi connectivity index (χ0v) is 35.2. The molecular formula is C50H50N2O4S2. The molecule has 8 heteroatoms. The molecule has 8 saturated carbocycles. The lowest BCUT2D eigenvalue weighted by Gasteiger charge is -2.36. The maximum atomic E-state index is 14.8. The van der Waals surface area contributed by atoms with Crippen molar-refractivity contribution < 1.29 is 19.2 Å². The summed E-state index contributed by atoms with van der Waals surface area (Å²) in [5.41, 5.74) is 2.56. The lowest BCUT2D eigenvalue weighted by Crippen LogP contribution is -2.41. The highest BCUT2D eigenvalue weighted by molar-refractivity contribution is 8.01. The predicted molar refractivity (Wildman–Crippen MR) is 232 cm³/mol. The van der Waals surface area contributed by atoms with Gasteiger partial charge in [0.2, 0.25) is 0 Å². The minimum Gasteiger partial charge on any atom is -0.274 e. The van der Waals surface area contributed by atoms with Crippen LogP contribution in [0.2, 0.25) is 0 Å². The largest absolute Gasteiger partial charge is 0.274 e. The molecule has 0 spiro atoms. The third kappa shape index (κ3) is 4.44. The topological polar surface area (TPSA) is 74.8 Å². The minimum atomic E-state index is -0.200. The van der Waals surface area contributed by atoms with Gasteiger partial charge in [-0.15, -0.1) is 23.5 Å². The Balaban J connectivity index is 1.15. The zero-order chi connectivity index (χ0) is 39.0. The van der Waals surface area contributed by atoms with Crippen molar-refractivity contribution in [2.45, 2.75) is 123 Å². The first kappa shape index (κ1) is 35.2. The number of unbranched alkanes of at least 4 members (excludes halogenated alkanes) is 2. The lowest BCUT2D eigenvalue weighted by molar-refractivity contribution is 0.0593. The van der Waals surface area contributed by atoms with Crippen molar-refractivity contribution >= 4 is 90.2 Å². The van der Waals surface area contributed by atoms with Crippen LogP contribution in [0.5, 0.6) is 0 Å². The molecule has 10 aliphatic rings. The average molecular weight is 807 g/mol. The molecule has 15 rings (SSSR count). The second-order valence-electron chi connectivity index (χ2n) is 20.1. The van der Waals surface area contributed by atoms with Crippen molar-refractivity contribution in [1.82, 2.24) is 9.80 Å². The van der Waals surface area contributed by atoms with Crippen LogP contribution in [0.25, 0.3) is 43.1 Å². The molecule has 4 unspecified atom stereocenters. The Morgan fingerprint density at radius 2 is 0.897 bits per heavy atom. The third-order valence-corrected chi connectivity index (χ3v) is 20.1. The number of nitrogens with zero attached hydrogens (tertiary/aromatic N) is 2. The lowest BCUT2D eigenvalue weighted by atomic mass is 9.82. The van der Waals surface area contributed by atoms with E-state index in [9.17, 15) is 19.2 Å². The van der Waals surface area contributed by atoms with Gasteiger partial charge in [-0.05, 0) is 153 Å². The summed E-state index contributed by atoms with van der Waals surface area (Å²) >= 11 is 4.09. The monoisotopic (exact) mass is 806 g/mol.